The highest BCUT2D eigenvalue weighted by atomic mass is 31.2. The Labute approximate surface area is 167 Å². The molecule has 0 atom stereocenters. The van der Waals surface area contributed by atoms with Gasteiger partial charge in [-0.15, -0.1) is 0 Å². The predicted molar refractivity (Wildman–Crippen MR) is 89.1 cm³/mol. The Morgan fingerprint density at radius 1 is 0.433 bits per heavy atom. The van der Waals surface area contributed by atoms with E-state index in [0.717, 1.165) is 0 Å². The molecule has 180 valence electrons. The third kappa shape index (κ3) is 13.6. The van der Waals surface area contributed by atoms with Gasteiger partial charge in [0.05, 0.1) is 13.1 Å². The number of hydroxylamine groups is 6. The van der Waals surface area contributed by atoms with E-state index < -0.39 is 70.6 Å². The zero-order valence-electron chi connectivity index (χ0n) is 14.7. The first-order valence-corrected chi connectivity index (χ1v) is 13.5. The number of hydrazine groups is 1. The lowest BCUT2D eigenvalue weighted by molar-refractivity contribution is -0.350. The van der Waals surface area contributed by atoms with Crippen LogP contribution in [0.3, 0.4) is 0 Å². The van der Waals surface area contributed by atoms with Crippen LogP contribution in [0.5, 0.6) is 0 Å². The lowest BCUT2D eigenvalue weighted by atomic mass is 10.5. The Morgan fingerprint density at radius 3 is 0.900 bits per heavy atom. The molecule has 1 aliphatic heterocycles. The molecular formula is C6H20N4O16P4. The summed E-state index contributed by atoms with van der Waals surface area (Å²) in [6, 6.07) is 0. The summed E-state index contributed by atoms with van der Waals surface area (Å²) in [5.74, 6) is 0. The molecule has 8 N–H and O–H groups in total. The molecule has 24 heteroatoms. The number of hydrogen-bond donors (Lipinski definition) is 8. The first kappa shape index (κ1) is 28.3. The number of hydrogen-bond acceptors (Lipinski definition) is 12. The quantitative estimate of drug-likeness (QED) is 0.148. The molecule has 0 bridgehead atoms. The second-order valence-corrected chi connectivity index (χ2v) is 9.88. The standard InChI is InChI=1S/C6H20N4O16P4/c11-27(12,13)23-7-1-2-8(24-28(14,15)16)4-6-10(26-30(20,21)22)9(5-3-7)25-29(17,18)19/h1-6H2,(H2,11,12,13)(H2,14,15,16)(H2,17,18,19)(H2,20,21,22). The fraction of sp³-hybridized carbons (Fsp3) is 1.00. The maximum absolute atomic E-state index is 11.2. The van der Waals surface area contributed by atoms with Crippen molar-refractivity contribution in [1.82, 2.24) is 20.5 Å². The van der Waals surface area contributed by atoms with Gasteiger partial charge in [-0.2, -0.15) is 28.6 Å². The van der Waals surface area contributed by atoms with Crippen LogP contribution in [0.4, 0.5) is 0 Å². The minimum absolute atomic E-state index is 0.122. The lowest BCUT2D eigenvalue weighted by Gasteiger charge is -2.36. The van der Waals surface area contributed by atoms with Crippen LogP contribution < -0.4 is 0 Å². The van der Waals surface area contributed by atoms with E-state index in [1.165, 1.54) is 0 Å². The molecule has 0 aromatic rings. The molecule has 0 aliphatic carbocycles. The summed E-state index contributed by atoms with van der Waals surface area (Å²) in [7, 11) is -20.9. The molecule has 1 rings (SSSR count). The monoisotopic (exact) mass is 528 g/mol. The molecule has 0 aromatic carbocycles. The van der Waals surface area contributed by atoms with E-state index in [9.17, 15) is 18.3 Å². The summed E-state index contributed by atoms with van der Waals surface area (Å²) >= 11 is 0. The SMILES string of the molecule is O=P(O)(O)ON1CCN(OP(=O)(O)O)CCN(OP(=O)(O)O)N(OP(=O)(O)O)CC1. The van der Waals surface area contributed by atoms with Crippen LogP contribution in [0.25, 0.3) is 0 Å². The van der Waals surface area contributed by atoms with Crippen LogP contribution in [-0.4, -0.2) is 98.9 Å². The molecule has 0 radical (unpaired) electrons. The van der Waals surface area contributed by atoms with E-state index in [2.05, 4.69) is 18.5 Å². The zero-order valence-corrected chi connectivity index (χ0v) is 18.2. The summed E-state index contributed by atoms with van der Waals surface area (Å²) in [4.78, 5) is 71.7. The van der Waals surface area contributed by atoms with Crippen molar-refractivity contribution in [3.05, 3.63) is 0 Å². The smallest absolute Gasteiger partial charge is 0.302 e. The third-order valence-electron chi connectivity index (χ3n) is 2.77. The first-order valence-electron chi connectivity index (χ1n) is 7.39. The van der Waals surface area contributed by atoms with Crippen molar-refractivity contribution in [2.45, 2.75) is 0 Å². The summed E-state index contributed by atoms with van der Waals surface area (Å²) in [5, 5.41) is 1.31. The third-order valence-corrected chi connectivity index (χ3v) is 4.46. The number of rotatable bonds is 8. The molecular weight excluding hydrogens is 508 g/mol. The summed E-state index contributed by atoms with van der Waals surface area (Å²) in [5.41, 5.74) is 0. The van der Waals surface area contributed by atoms with Crippen LogP contribution in [0, 0.1) is 0 Å². The van der Waals surface area contributed by atoms with E-state index in [4.69, 9.17) is 39.1 Å². The van der Waals surface area contributed by atoms with Crippen LogP contribution >= 0.6 is 31.3 Å². The van der Waals surface area contributed by atoms with Gasteiger partial charge in [-0.25, -0.2) is 18.3 Å². The molecule has 0 saturated carbocycles. The van der Waals surface area contributed by atoms with Crippen LogP contribution in [0.15, 0.2) is 0 Å². The van der Waals surface area contributed by atoms with Gasteiger partial charge in [-0.3, -0.25) is 0 Å². The van der Waals surface area contributed by atoms with Crippen molar-refractivity contribution in [3.63, 3.8) is 0 Å². The normalized spacial score (nSPS) is 21.1. The Balaban J connectivity index is 3.20. The van der Waals surface area contributed by atoms with Crippen LogP contribution in [-0.2, 0) is 36.8 Å². The molecule has 0 spiro atoms. The van der Waals surface area contributed by atoms with Crippen LogP contribution in [0.1, 0.15) is 0 Å². The average molecular weight is 528 g/mol. The molecule has 0 amide bonds. The van der Waals surface area contributed by atoms with Gasteiger partial charge in [-0.1, -0.05) is 10.3 Å². The summed E-state index contributed by atoms with van der Waals surface area (Å²) in [6.45, 7) is -3.57. The van der Waals surface area contributed by atoms with E-state index in [1.54, 1.807) is 0 Å². The van der Waals surface area contributed by atoms with Gasteiger partial charge < -0.3 is 39.1 Å². The van der Waals surface area contributed by atoms with Gasteiger partial charge in [0, 0.05) is 26.2 Å². The molecule has 1 fully saturated rings. The molecule has 1 heterocycles. The number of phosphoric acid groups is 4. The fourth-order valence-corrected chi connectivity index (χ4v) is 3.68. The summed E-state index contributed by atoms with van der Waals surface area (Å²) in [6.07, 6.45) is 0. The molecule has 1 aliphatic rings. The van der Waals surface area contributed by atoms with Crippen molar-refractivity contribution < 1.29 is 75.9 Å². The van der Waals surface area contributed by atoms with Crippen molar-refractivity contribution in [2.24, 2.45) is 0 Å². The minimum Gasteiger partial charge on any atom is -0.302 e. The minimum atomic E-state index is -5.34. The highest BCUT2D eigenvalue weighted by Crippen LogP contribution is 2.43. The van der Waals surface area contributed by atoms with E-state index >= 15 is 0 Å². The van der Waals surface area contributed by atoms with E-state index in [-0.39, 0.29) is 10.3 Å². The average Bonchev–Trinajstić information content (AvgIpc) is 2.46. The second-order valence-electron chi connectivity index (χ2n) is 5.30. The highest BCUT2D eigenvalue weighted by molar-refractivity contribution is 7.47. The molecule has 0 unspecified atom stereocenters. The van der Waals surface area contributed by atoms with Gasteiger partial charge in [-0.05, 0) is 0 Å². The first-order chi connectivity index (χ1) is 13.3. The largest absolute Gasteiger partial charge is 0.487 e. The molecule has 1 saturated heterocycles. The number of nitrogens with zero attached hydrogens (tertiary/aromatic N) is 4. The van der Waals surface area contributed by atoms with Gasteiger partial charge in [0.1, 0.15) is 0 Å². The fourth-order valence-electron chi connectivity index (χ4n) is 1.94. The van der Waals surface area contributed by atoms with Crippen molar-refractivity contribution in [3.8, 4) is 0 Å². The predicted octanol–water partition coefficient (Wildman–Crippen LogP) is -2.78. The molecule has 20 nitrogen and oxygen atoms in total. The van der Waals surface area contributed by atoms with Crippen molar-refractivity contribution in [1.29, 1.82) is 0 Å². The van der Waals surface area contributed by atoms with Crippen molar-refractivity contribution in [2.75, 3.05) is 39.3 Å². The molecule has 0 aromatic heterocycles. The summed E-state index contributed by atoms with van der Waals surface area (Å²) < 4.78 is 61.7. The van der Waals surface area contributed by atoms with Crippen LogP contribution in [0.2, 0.25) is 0 Å². The maximum atomic E-state index is 11.2. The van der Waals surface area contributed by atoms with Gasteiger partial charge in [0.15, 0.2) is 0 Å². The van der Waals surface area contributed by atoms with Gasteiger partial charge in [0.25, 0.3) is 0 Å². The Morgan fingerprint density at radius 2 is 0.667 bits per heavy atom. The topological polar surface area (TPSA) is 280 Å². The highest BCUT2D eigenvalue weighted by Gasteiger charge is 2.34. The van der Waals surface area contributed by atoms with Gasteiger partial charge >= 0.3 is 31.3 Å². The van der Waals surface area contributed by atoms with Gasteiger partial charge in [0.2, 0.25) is 0 Å². The second kappa shape index (κ2) is 10.9. The molecule has 30 heavy (non-hydrogen) atoms. The van der Waals surface area contributed by atoms with E-state index in [1.807, 2.05) is 0 Å². The Hall–Kier alpha value is 0.280. The Bertz CT molecular complexity index is 680. The maximum Gasteiger partial charge on any atom is 0.487 e. The Kier molecular flexibility index (Phi) is 10.3. The lowest BCUT2D eigenvalue weighted by Crippen LogP contribution is -2.50. The van der Waals surface area contributed by atoms with E-state index in [0.29, 0.717) is 10.1 Å². The van der Waals surface area contributed by atoms with Crippen molar-refractivity contribution >= 4 is 31.3 Å². The zero-order chi connectivity index (χ0) is 23.4.